The van der Waals surface area contributed by atoms with E-state index >= 15 is 0 Å². The van der Waals surface area contributed by atoms with Crippen molar-refractivity contribution in [3.8, 4) is 0 Å². The van der Waals surface area contributed by atoms with Crippen molar-refractivity contribution in [1.82, 2.24) is 44.5 Å². The van der Waals surface area contributed by atoms with Crippen LogP contribution in [0.1, 0.15) is 23.6 Å². The molecule has 4 aromatic rings. The third kappa shape index (κ3) is 5.17. The first kappa shape index (κ1) is 28.2. The molecule has 0 amide bonds. The Morgan fingerprint density at radius 1 is 1.29 bits per heavy atom. The Labute approximate surface area is 238 Å². The molecule has 2 aliphatic heterocycles. The van der Waals surface area contributed by atoms with Gasteiger partial charge in [-0.2, -0.15) is 10.1 Å². The van der Waals surface area contributed by atoms with Crippen LogP contribution in [0.25, 0.3) is 16.8 Å². The van der Waals surface area contributed by atoms with E-state index in [1.165, 1.54) is 21.7 Å². The third-order valence-corrected chi connectivity index (χ3v) is 9.79. The molecule has 4 aromatic heterocycles. The van der Waals surface area contributed by atoms with Gasteiger partial charge >= 0.3 is 6.80 Å². The SMILES string of the molecule is Nc1nc2c(nnn2[C@@H]2S[C@H](CO)[C@@H](O)[C@H]2OP(=O)(S)OC[C@H]2O[C@@H](c3cnc4c(N)ncnn34)C[C@@H]2O)c(=O)[nH]1. The number of hydrogen-bond acceptors (Lipinski definition) is 17. The van der Waals surface area contributed by atoms with Crippen LogP contribution in [0.3, 0.4) is 0 Å². The fourth-order valence-electron chi connectivity index (χ4n) is 4.70. The van der Waals surface area contributed by atoms with Gasteiger partial charge in [-0.05, 0) is 0 Å². The van der Waals surface area contributed by atoms with Gasteiger partial charge in [-0.1, -0.05) is 17.5 Å². The number of nitrogens with one attached hydrogen (secondary N) is 1. The van der Waals surface area contributed by atoms with E-state index in [-0.39, 0.29) is 36.0 Å². The van der Waals surface area contributed by atoms with Crippen molar-refractivity contribution in [3.63, 3.8) is 0 Å². The number of imidazole rings is 1. The molecular weight excluding hydrogens is 605 g/mol. The van der Waals surface area contributed by atoms with Gasteiger partial charge < -0.3 is 31.5 Å². The van der Waals surface area contributed by atoms with Crippen LogP contribution in [-0.2, 0) is 18.3 Å². The maximum absolute atomic E-state index is 13.3. The molecule has 2 fully saturated rings. The number of aromatic amines is 1. The highest BCUT2D eigenvalue weighted by molar-refractivity contribution is 8.44. The van der Waals surface area contributed by atoms with Gasteiger partial charge in [-0.25, -0.2) is 23.7 Å². The molecule has 220 valence electrons. The van der Waals surface area contributed by atoms with Gasteiger partial charge in [0.25, 0.3) is 5.56 Å². The Morgan fingerprint density at radius 2 is 2.10 bits per heavy atom. The van der Waals surface area contributed by atoms with E-state index in [1.807, 2.05) is 0 Å². The minimum Gasteiger partial charge on any atom is -0.395 e. The van der Waals surface area contributed by atoms with Gasteiger partial charge in [-0.3, -0.25) is 18.8 Å². The molecule has 8 atom stereocenters. The fourth-order valence-corrected chi connectivity index (χ4v) is 7.64. The zero-order valence-corrected chi connectivity index (χ0v) is 23.3. The minimum absolute atomic E-state index is 0.00834. The summed E-state index contributed by atoms with van der Waals surface area (Å²) in [6.07, 6.45) is -2.26. The highest BCUT2D eigenvalue weighted by atomic mass is 32.7. The summed E-state index contributed by atoms with van der Waals surface area (Å²) in [7, 11) is 0. The highest BCUT2D eigenvalue weighted by Gasteiger charge is 2.49. The van der Waals surface area contributed by atoms with Gasteiger partial charge in [0.05, 0.1) is 42.6 Å². The van der Waals surface area contributed by atoms with Gasteiger partial charge in [0.1, 0.15) is 30.0 Å². The zero-order chi connectivity index (χ0) is 29.1. The highest BCUT2D eigenvalue weighted by Crippen LogP contribution is 2.59. The number of nitrogens with zero attached hydrogens (tertiary/aromatic N) is 8. The third-order valence-electron chi connectivity index (χ3n) is 6.65. The van der Waals surface area contributed by atoms with Crippen molar-refractivity contribution in [3.05, 3.63) is 28.6 Å². The van der Waals surface area contributed by atoms with Crippen molar-refractivity contribution in [2.75, 3.05) is 24.7 Å². The monoisotopic (exact) mass is 629 g/mol. The minimum atomic E-state index is -4.22. The van der Waals surface area contributed by atoms with Crippen LogP contribution in [0.5, 0.6) is 0 Å². The molecule has 19 nitrogen and oxygen atoms in total. The Hall–Kier alpha value is -2.88. The van der Waals surface area contributed by atoms with Crippen LogP contribution < -0.4 is 17.0 Å². The molecule has 2 saturated heterocycles. The van der Waals surface area contributed by atoms with Gasteiger partial charge in [0.2, 0.25) is 5.95 Å². The second-order valence-electron chi connectivity index (χ2n) is 9.26. The number of aromatic nitrogens is 9. The van der Waals surface area contributed by atoms with E-state index in [1.54, 1.807) is 0 Å². The van der Waals surface area contributed by atoms with Gasteiger partial charge in [-0.15, -0.1) is 16.9 Å². The Morgan fingerprint density at radius 3 is 2.88 bits per heavy atom. The summed E-state index contributed by atoms with van der Waals surface area (Å²) < 4.78 is 33.0. The molecule has 8 N–H and O–H groups in total. The first-order chi connectivity index (χ1) is 19.6. The van der Waals surface area contributed by atoms with E-state index in [0.717, 1.165) is 11.8 Å². The Kier molecular flexibility index (Phi) is 7.41. The summed E-state index contributed by atoms with van der Waals surface area (Å²) in [5.74, 6) is -0.0148. The molecule has 2 aliphatic rings. The summed E-state index contributed by atoms with van der Waals surface area (Å²) in [5.41, 5.74) is 11.6. The summed E-state index contributed by atoms with van der Waals surface area (Å²) in [6.45, 7) is -5.05. The van der Waals surface area contributed by atoms with Gasteiger partial charge in [0.15, 0.2) is 22.6 Å². The number of hydrogen-bond donors (Lipinski definition) is 7. The van der Waals surface area contributed by atoms with E-state index in [0.29, 0.717) is 11.3 Å². The molecule has 6 heterocycles. The number of nitrogens with two attached hydrogens (primary N) is 2. The molecule has 1 unspecified atom stereocenters. The van der Waals surface area contributed by atoms with Crippen LogP contribution >= 0.6 is 30.8 Å². The van der Waals surface area contributed by atoms with Gasteiger partial charge in [0, 0.05) is 6.42 Å². The normalized spacial score (nSPS) is 29.9. The summed E-state index contributed by atoms with van der Waals surface area (Å²) in [6, 6.07) is 0. The molecular formula is C19H24N11O8PS2. The van der Waals surface area contributed by atoms with E-state index in [9.17, 15) is 24.7 Å². The van der Waals surface area contributed by atoms with Crippen molar-refractivity contribution in [2.45, 2.75) is 47.6 Å². The quantitative estimate of drug-likeness (QED) is 0.0854. The lowest BCUT2D eigenvalue weighted by Crippen LogP contribution is -2.35. The number of fused-ring (bicyclic) bond motifs is 2. The van der Waals surface area contributed by atoms with Crippen molar-refractivity contribution in [2.24, 2.45) is 0 Å². The number of aliphatic hydroxyl groups excluding tert-OH is 3. The number of rotatable bonds is 8. The van der Waals surface area contributed by atoms with E-state index in [4.69, 9.17) is 25.3 Å². The number of H-pyrrole nitrogens is 1. The lowest BCUT2D eigenvalue weighted by molar-refractivity contribution is -0.0264. The average molecular weight is 630 g/mol. The Balaban J connectivity index is 1.17. The number of aliphatic hydroxyl groups is 3. The first-order valence-corrected chi connectivity index (χ1v) is 15.7. The molecule has 41 heavy (non-hydrogen) atoms. The number of thioether (sulfide) groups is 1. The zero-order valence-electron chi connectivity index (χ0n) is 20.7. The molecule has 0 bridgehead atoms. The molecule has 0 aliphatic carbocycles. The Bertz CT molecular complexity index is 1700. The van der Waals surface area contributed by atoms with Crippen molar-refractivity contribution in [1.29, 1.82) is 0 Å². The topological polar surface area (TPSA) is 277 Å². The van der Waals surface area contributed by atoms with Crippen LogP contribution in [0.2, 0.25) is 0 Å². The molecule has 0 saturated carbocycles. The predicted octanol–water partition coefficient (Wildman–Crippen LogP) is -1.59. The number of nitrogen functional groups attached to an aromatic ring is 2. The smallest absolute Gasteiger partial charge is 0.386 e. The summed E-state index contributed by atoms with van der Waals surface area (Å²) in [4.78, 5) is 26.6. The maximum Gasteiger partial charge on any atom is 0.386 e. The lowest BCUT2D eigenvalue weighted by atomic mass is 10.1. The fraction of sp³-hybridized carbons (Fsp3) is 0.526. The summed E-state index contributed by atoms with van der Waals surface area (Å²) in [5, 5.41) is 41.4. The standard InChI is InChI=1S/C19H24N11O8PS2/c20-14-16-22-2-6(29(16)24-5-23-14)8-1-7(32)9(37-8)4-36-39(35,40)38-13-12(33)10(3-31)41-18(13)30-15-11(27-28-30)17(34)26-19(21)25-15/h2,5,7-10,12-13,18,31-33H,1,3-4H2,(H,35,40)(H2,20,23,24)(H3,21,25,26,34)/t7-,8+,9+,10+,12+,13+,18+,39?/m0/s1. The summed E-state index contributed by atoms with van der Waals surface area (Å²) >= 11 is 5.10. The molecule has 22 heteroatoms. The number of anilines is 2. The molecule has 0 radical (unpaired) electrons. The van der Waals surface area contributed by atoms with Crippen LogP contribution in [0, 0.1) is 0 Å². The molecule has 6 rings (SSSR count). The van der Waals surface area contributed by atoms with E-state index < -0.39 is 60.1 Å². The van der Waals surface area contributed by atoms with Crippen LogP contribution in [0.4, 0.5) is 11.8 Å². The van der Waals surface area contributed by atoms with E-state index in [2.05, 4.69) is 47.6 Å². The molecule has 0 aromatic carbocycles. The maximum atomic E-state index is 13.3. The second-order valence-corrected chi connectivity index (χ2v) is 13.5. The van der Waals surface area contributed by atoms with Crippen LogP contribution in [-0.4, -0.2) is 103 Å². The van der Waals surface area contributed by atoms with Crippen LogP contribution in [0.15, 0.2) is 17.3 Å². The molecule has 0 spiro atoms. The number of ether oxygens (including phenoxy) is 1. The first-order valence-electron chi connectivity index (χ1n) is 12.0. The predicted molar refractivity (Wildman–Crippen MR) is 145 cm³/mol. The van der Waals surface area contributed by atoms with Crippen molar-refractivity contribution < 1.29 is 33.7 Å². The lowest BCUT2D eigenvalue weighted by Gasteiger charge is -2.25. The number of thiol groups is 1. The van der Waals surface area contributed by atoms with Crippen molar-refractivity contribution >= 4 is 59.4 Å². The average Bonchev–Trinajstić information content (AvgIpc) is 3.69. The second kappa shape index (κ2) is 10.7. The largest absolute Gasteiger partial charge is 0.395 e.